The van der Waals surface area contributed by atoms with E-state index in [4.69, 9.17) is 0 Å². The SMILES string of the molecule is CN(c1ccccc1)c1ccc(S(=O)(=O)Nc2ccccc2)cc1NC(=O)Nc1cccc(C(F)(F)F)c1. The van der Waals surface area contributed by atoms with Crippen molar-refractivity contribution in [2.45, 2.75) is 11.1 Å². The molecule has 0 aromatic heterocycles. The van der Waals surface area contributed by atoms with Crippen LogP contribution in [0.15, 0.2) is 108 Å². The summed E-state index contributed by atoms with van der Waals surface area (Å²) in [6.45, 7) is 0. The second-order valence-corrected chi connectivity index (χ2v) is 9.89. The van der Waals surface area contributed by atoms with Crippen LogP contribution < -0.4 is 20.3 Å². The van der Waals surface area contributed by atoms with E-state index in [2.05, 4.69) is 15.4 Å². The van der Waals surface area contributed by atoms with Crippen LogP contribution in [0.5, 0.6) is 0 Å². The van der Waals surface area contributed by atoms with Crippen LogP contribution in [0.2, 0.25) is 0 Å². The Morgan fingerprint density at radius 2 is 1.39 bits per heavy atom. The second kappa shape index (κ2) is 10.9. The van der Waals surface area contributed by atoms with Crippen LogP contribution in [-0.4, -0.2) is 21.5 Å². The third-order valence-corrected chi connectivity index (χ3v) is 6.88. The largest absolute Gasteiger partial charge is 0.416 e. The maximum atomic E-state index is 13.1. The number of benzene rings is 4. The number of amides is 2. The first kappa shape index (κ1) is 26.6. The highest BCUT2D eigenvalue weighted by molar-refractivity contribution is 7.92. The third-order valence-electron chi connectivity index (χ3n) is 5.51. The fourth-order valence-electron chi connectivity index (χ4n) is 3.64. The number of para-hydroxylation sites is 2. The summed E-state index contributed by atoms with van der Waals surface area (Å²) in [6, 6.07) is 25.0. The zero-order valence-corrected chi connectivity index (χ0v) is 20.8. The van der Waals surface area contributed by atoms with Crippen molar-refractivity contribution in [3.63, 3.8) is 0 Å². The number of nitrogens with one attached hydrogen (secondary N) is 3. The molecule has 4 aromatic rings. The highest BCUT2D eigenvalue weighted by atomic mass is 32.2. The fourth-order valence-corrected chi connectivity index (χ4v) is 4.73. The Kier molecular flexibility index (Phi) is 7.58. The van der Waals surface area contributed by atoms with Crippen molar-refractivity contribution in [2.24, 2.45) is 0 Å². The molecule has 0 unspecified atom stereocenters. The lowest BCUT2D eigenvalue weighted by atomic mass is 10.2. The van der Waals surface area contributed by atoms with Gasteiger partial charge in [-0.3, -0.25) is 4.72 Å². The standard InChI is InChI=1S/C27H23F3N4O3S/c1-34(22-13-6-3-7-14-22)25-16-15-23(38(36,37)33-20-10-4-2-5-11-20)18-24(25)32-26(35)31-21-12-8-9-19(17-21)27(28,29)30/h2-18,33H,1H3,(H2,31,32,35). The molecule has 0 bridgehead atoms. The van der Waals surface area contributed by atoms with Gasteiger partial charge in [0.15, 0.2) is 0 Å². The van der Waals surface area contributed by atoms with E-state index in [9.17, 15) is 26.4 Å². The molecule has 0 fully saturated rings. The predicted octanol–water partition coefficient (Wildman–Crippen LogP) is 6.92. The third kappa shape index (κ3) is 6.43. The van der Waals surface area contributed by atoms with Crippen LogP contribution in [0.25, 0.3) is 0 Å². The van der Waals surface area contributed by atoms with Gasteiger partial charge in [0.1, 0.15) is 0 Å². The maximum Gasteiger partial charge on any atom is 0.416 e. The van der Waals surface area contributed by atoms with E-state index in [1.807, 2.05) is 30.3 Å². The van der Waals surface area contributed by atoms with E-state index in [-0.39, 0.29) is 16.3 Å². The maximum absolute atomic E-state index is 13.1. The van der Waals surface area contributed by atoms with Crippen molar-refractivity contribution in [3.8, 4) is 0 Å². The van der Waals surface area contributed by atoms with Gasteiger partial charge >= 0.3 is 12.2 Å². The van der Waals surface area contributed by atoms with Crippen molar-refractivity contribution in [3.05, 3.63) is 109 Å². The van der Waals surface area contributed by atoms with Crippen LogP contribution in [0.1, 0.15) is 5.56 Å². The normalized spacial score (nSPS) is 11.5. The minimum atomic E-state index is -4.58. The number of hydrogen-bond donors (Lipinski definition) is 3. The van der Waals surface area contributed by atoms with Crippen LogP contribution in [0.3, 0.4) is 0 Å². The molecular weight excluding hydrogens is 517 g/mol. The molecule has 0 aliphatic carbocycles. The van der Waals surface area contributed by atoms with Crippen LogP contribution in [0.4, 0.5) is 46.4 Å². The monoisotopic (exact) mass is 540 g/mol. The van der Waals surface area contributed by atoms with E-state index in [0.717, 1.165) is 17.8 Å². The summed E-state index contributed by atoms with van der Waals surface area (Å²) in [6.07, 6.45) is -4.58. The van der Waals surface area contributed by atoms with Gasteiger partial charge in [-0.2, -0.15) is 13.2 Å². The summed E-state index contributed by atoms with van der Waals surface area (Å²) in [5.41, 5.74) is 0.692. The second-order valence-electron chi connectivity index (χ2n) is 8.20. The molecule has 11 heteroatoms. The number of sulfonamides is 1. The number of hydrogen-bond acceptors (Lipinski definition) is 4. The lowest BCUT2D eigenvalue weighted by Crippen LogP contribution is -2.22. The van der Waals surface area contributed by atoms with Crippen LogP contribution >= 0.6 is 0 Å². The summed E-state index contributed by atoms with van der Waals surface area (Å²) >= 11 is 0. The number of rotatable bonds is 7. The minimum absolute atomic E-state index is 0.0789. The number of carbonyl (C=O) groups excluding carboxylic acids is 1. The molecule has 4 aromatic carbocycles. The molecule has 0 aliphatic heterocycles. The van der Waals surface area contributed by atoms with Gasteiger partial charge in [0.25, 0.3) is 10.0 Å². The number of nitrogens with zero attached hydrogens (tertiary/aromatic N) is 1. The number of anilines is 5. The lowest BCUT2D eigenvalue weighted by molar-refractivity contribution is -0.137. The molecule has 7 nitrogen and oxygen atoms in total. The van der Waals surface area contributed by atoms with Gasteiger partial charge in [0.05, 0.1) is 21.8 Å². The molecule has 0 radical (unpaired) electrons. The van der Waals surface area contributed by atoms with Crippen molar-refractivity contribution in [1.82, 2.24) is 0 Å². The number of carbonyl (C=O) groups is 1. The lowest BCUT2D eigenvalue weighted by Gasteiger charge is -2.24. The molecule has 0 aliphatic rings. The van der Waals surface area contributed by atoms with Gasteiger partial charge in [-0.1, -0.05) is 42.5 Å². The molecule has 4 rings (SSSR count). The number of halogens is 3. The van der Waals surface area contributed by atoms with Gasteiger partial charge in [0.2, 0.25) is 0 Å². The van der Waals surface area contributed by atoms with Crippen molar-refractivity contribution in [2.75, 3.05) is 27.3 Å². The van der Waals surface area contributed by atoms with Crippen LogP contribution in [-0.2, 0) is 16.2 Å². The van der Waals surface area contributed by atoms with E-state index >= 15 is 0 Å². The Balaban J connectivity index is 1.66. The van der Waals surface area contributed by atoms with Gasteiger partial charge in [-0.05, 0) is 60.7 Å². The molecule has 0 spiro atoms. The summed E-state index contributed by atoms with van der Waals surface area (Å²) in [5.74, 6) is 0. The van der Waals surface area contributed by atoms with Crippen molar-refractivity contribution >= 4 is 44.5 Å². The predicted molar refractivity (Wildman–Crippen MR) is 142 cm³/mol. The van der Waals surface area contributed by atoms with E-state index in [0.29, 0.717) is 11.4 Å². The van der Waals surface area contributed by atoms with E-state index < -0.39 is 27.8 Å². The fraction of sp³-hybridized carbons (Fsp3) is 0.0741. The number of alkyl halides is 3. The topological polar surface area (TPSA) is 90.5 Å². The van der Waals surface area contributed by atoms with Crippen LogP contribution in [0, 0.1) is 0 Å². The Morgan fingerprint density at radius 3 is 2.05 bits per heavy atom. The quantitative estimate of drug-likeness (QED) is 0.237. The highest BCUT2D eigenvalue weighted by Crippen LogP contribution is 2.34. The Morgan fingerprint density at radius 1 is 0.763 bits per heavy atom. The smallest absolute Gasteiger partial charge is 0.343 e. The van der Waals surface area contributed by atoms with Gasteiger partial charge < -0.3 is 15.5 Å². The molecule has 0 saturated heterocycles. The first-order chi connectivity index (χ1) is 18.0. The first-order valence-electron chi connectivity index (χ1n) is 11.3. The highest BCUT2D eigenvalue weighted by Gasteiger charge is 2.30. The summed E-state index contributed by atoms with van der Waals surface area (Å²) in [7, 11) is -2.29. The zero-order chi connectivity index (χ0) is 27.3. The first-order valence-corrected chi connectivity index (χ1v) is 12.8. The molecule has 196 valence electrons. The Labute approximate surface area is 218 Å². The average Bonchev–Trinajstić information content (AvgIpc) is 2.89. The molecule has 3 N–H and O–H groups in total. The summed E-state index contributed by atoms with van der Waals surface area (Å²) in [4.78, 5) is 14.4. The molecular formula is C27H23F3N4O3S. The van der Waals surface area contributed by atoms with Crippen molar-refractivity contribution < 1.29 is 26.4 Å². The zero-order valence-electron chi connectivity index (χ0n) is 20.0. The van der Waals surface area contributed by atoms with E-state index in [1.54, 1.807) is 42.3 Å². The molecule has 0 heterocycles. The average molecular weight is 541 g/mol. The molecule has 38 heavy (non-hydrogen) atoms. The number of urea groups is 1. The Hall–Kier alpha value is -4.51. The summed E-state index contributed by atoms with van der Waals surface area (Å²) in [5, 5.41) is 4.95. The van der Waals surface area contributed by atoms with Crippen molar-refractivity contribution in [1.29, 1.82) is 0 Å². The minimum Gasteiger partial charge on any atom is -0.343 e. The Bertz CT molecular complexity index is 1530. The summed E-state index contributed by atoms with van der Waals surface area (Å²) < 4.78 is 67.8. The van der Waals surface area contributed by atoms with Gasteiger partial charge in [-0.25, -0.2) is 13.2 Å². The van der Waals surface area contributed by atoms with Gasteiger partial charge in [-0.15, -0.1) is 0 Å². The molecule has 0 saturated carbocycles. The molecule has 0 atom stereocenters. The van der Waals surface area contributed by atoms with E-state index in [1.165, 1.54) is 30.3 Å². The van der Waals surface area contributed by atoms with Gasteiger partial charge in [0, 0.05) is 24.1 Å². The molecule has 2 amide bonds.